The van der Waals surface area contributed by atoms with Crippen molar-refractivity contribution >= 4 is 16.5 Å². The molecule has 2 aromatic rings. The number of rotatable bonds is 5. The largest absolute Gasteiger partial charge is 0.371 e. The average molecular weight is 227 g/mol. The van der Waals surface area contributed by atoms with Gasteiger partial charge >= 0.3 is 0 Å². The highest BCUT2D eigenvalue weighted by atomic mass is 15.1. The SMILES string of the molecule is CCCN(CCC)c1cccc2ccccc12. The molecule has 90 valence electrons. The Hall–Kier alpha value is -1.50. The van der Waals surface area contributed by atoms with Gasteiger partial charge in [0.15, 0.2) is 0 Å². The first-order valence-corrected chi connectivity index (χ1v) is 6.59. The van der Waals surface area contributed by atoms with Crippen molar-refractivity contribution in [3.8, 4) is 0 Å². The van der Waals surface area contributed by atoms with Gasteiger partial charge in [-0.3, -0.25) is 0 Å². The van der Waals surface area contributed by atoms with Crippen molar-refractivity contribution in [3.63, 3.8) is 0 Å². The van der Waals surface area contributed by atoms with Crippen LogP contribution in [0.15, 0.2) is 42.5 Å². The van der Waals surface area contributed by atoms with Crippen LogP contribution in [0, 0.1) is 0 Å². The van der Waals surface area contributed by atoms with Crippen molar-refractivity contribution in [1.29, 1.82) is 0 Å². The van der Waals surface area contributed by atoms with Crippen LogP contribution in [0.4, 0.5) is 5.69 Å². The number of fused-ring (bicyclic) bond motifs is 1. The zero-order chi connectivity index (χ0) is 12.1. The second-order valence-corrected chi connectivity index (χ2v) is 4.49. The third-order valence-corrected chi connectivity index (χ3v) is 3.09. The Bertz CT molecular complexity index is 464. The third kappa shape index (κ3) is 2.60. The molecule has 0 amide bonds. The Morgan fingerprint density at radius 2 is 1.47 bits per heavy atom. The van der Waals surface area contributed by atoms with E-state index in [2.05, 4.69) is 61.2 Å². The maximum atomic E-state index is 2.50. The molecule has 0 saturated heterocycles. The molecule has 0 aliphatic heterocycles. The quantitative estimate of drug-likeness (QED) is 0.728. The van der Waals surface area contributed by atoms with Crippen molar-refractivity contribution in [1.82, 2.24) is 0 Å². The van der Waals surface area contributed by atoms with E-state index in [1.54, 1.807) is 0 Å². The van der Waals surface area contributed by atoms with Gasteiger partial charge in [0.2, 0.25) is 0 Å². The van der Waals surface area contributed by atoms with Gasteiger partial charge < -0.3 is 4.90 Å². The second-order valence-electron chi connectivity index (χ2n) is 4.49. The van der Waals surface area contributed by atoms with Gasteiger partial charge in [-0.05, 0) is 24.3 Å². The van der Waals surface area contributed by atoms with Crippen molar-refractivity contribution in [2.45, 2.75) is 26.7 Å². The fraction of sp³-hybridized carbons (Fsp3) is 0.375. The van der Waals surface area contributed by atoms with E-state index in [-0.39, 0.29) is 0 Å². The fourth-order valence-corrected chi connectivity index (χ4v) is 2.38. The fourth-order valence-electron chi connectivity index (χ4n) is 2.38. The Balaban J connectivity index is 2.44. The highest BCUT2D eigenvalue weighted by molar-refractivity contribution is 5.94. The smallest absolute Gasteiger partial charge is 0.0445 e. The van der Waals surface area contributed by atoms with Crippen molar-refractivity contribution in [3.05, 3.63) is 42.5 Å². The normalized spacial score (nSPS) is 10.7. The molecule has 0 aromatic heterocycles. The van der Waals surface area contributed by atoms with Crippen LogP contribution < -0.4 is 4.90 Å². The van der Waals surface area contributed by atoms with Gasteiger partial charge in [0.05, 0.1) is 0 Å². The molecular formula is C16H21N. The van der Waals surface area contributed by atoms with Gasteiger partial charge in [0.25, 0.3) is 0 Å². The van der Waals surface area contributed by atoms with Crippen molar-refractivity contribution in [2.75, 3.05) is 18.0 Å². The molecule has 17 heavy (non-hydrogen) atoms. The van der Waals surface area contributed by atoms with E-state index in [9.17, 15) is 0 Å². The van der Waals surface area contributed by atoms with Gasteiger partial charge in [-0.1, -0.05) is 50.2 Å². The van der Waals surface area contributed by atoms with E-state index >= 15 is 0 Å². The molecule has 2 aromatic carbocycles. The maximum absolute atomic E-state index is 2.50. The molecule has 0 spiro atoms. The molecule has 1 heteroatoms. The molecule has 0 unspecified atom stereocenters. The molecule has 0 atom stereocenters. The summed E-state index contributed by atoms with van der Waals surface area (Å²) in [6.07, 6.45) is 2.40. The van der Waals surface area contributed by atoms with Crippen LogP contribution in [0.25, 0.3) is 10.8 Å². The second kappa shape index (κ2) is 5.72. The van der Waals surface area contributed by atoms with Crippen LogP contribution in [0.5, 0.6) is 0 Å². The summed E-state index contributed by atoms with van der Waals surface area (Å²) in [5, 5.41) is 2.71. The number of hydrogen-bond acceptors (Lipinski definition) is 1. The molecular weight excluding hydrogens is 206 g/mol. The summed E-state index contributed by atoms with van der Waals surface area (Å²) in [7, 11) is 0. The lowest BCUT2D eigenvalue weighted by molar-refractivity contribution is 0.747. The number of benzene rings is 2. The minimum Gasteiger partial charge on any atom is -0.371 e. The van der Waals surface area contributed by atoms with Crippen LogP contribution in [0.2, 0.25) is 0 Å². The van der Waals surface area contributed by atoms with E-state index in [0.717, 1.165) is 13.1 Å². The van der Waals surface area contributed by atoms with Crippen molar-refractivity contribution < 1.29 is 0 Å². The minimum absolute atomic E-state index is 1.14. The molecule has 0 bridgehead atoms. The summed E-state index contributed by atoms with van der Waals surface area (Å²) in [6.45, 7) is 6.77. The molecule has 1 nitrogen and oxygen atoms in total. The van der Waals surface area contributed by atoms with E-state index in [4.69, 9.17) is 0 Å². The van der Waals surface area contributed by atoms with Gasteiger partial charge in [0, 0.05) is 24.2 Å². The lowest BCUT2D eigenvalue weighted by atomic mass is 10.1. The Kier molecular flexibility index (Phi) is 4.03. The molecule has 0 saturated carbocycles. The van der Waals surface area contributed by atoms with Crippen LogP contribution in [0.1, 0.15) is 26.7 Å². The first-order valence-electron chi connectivity index (χ1n) is 6.59. The zero-order valence-corrected chi connectivity index (χ0v) is 10.8. The average Bonchev–Trinajstić information content (AvgIpc) is 2.38. The molecule has 2 rings (SSSR count). The summed E-state index contributed by atoms with van der Waals surface area (Å²) < 4.78 is 0. The van der Waals surface area contributed by atoms with Crippen LogP contribution in [0.3, 0.4) is 0 Å². The molecule has 0 aliphatic carbocycles. The van der Waals surface area contributed by atoms with E-state index < -0.39 is 0 Å². The lowest BCUT2D eigenvalue weighted by Gasteiger charge is -2.25. The van der Waals surface area contributed by atoms with E-state index in [0.29, 0.717) is 0 Å². The predicted octanol–water partition coefficient (Wildman–Crippen LogP) is 4.47. The van der Waals surface area contributed by atoms with Crippen LogP contribution >= 0.6 is 0 Å². The van der Waals surface area contributed by atoms with Gasteiger partial charge in [-0.25, -0.2) is 0 Å². The van der Waals surface area contributed by atoms with Crippen LogP contribution in [-0.2, 0) is 0 Å². The monoisotopic (exact) mass is 227 g/mol. The van der Waals surface area contributed by atoms with Gasteiger partial charge in [0.1, 0.15) is 0 Å². The summed E-state index contributed by atoms with van der Waals surface area (Å²) in [4.78, 5) is 2.50. The first-order chi connectivity index (χ1) is 8.36. The van der Waals surface area contributed by atoms with Crippen molar-refractivity contribution in [2.24, 2.45) is 0 Å². The summed E-state index contributed by atoms with van der Waals surface area (Å²) >= 11 is 0. The number of nitrogens with zero attached hydrogens (tertiary/aromatic N) is 1. The summed E-state index contributed by atoms with van der Waals surface area (Å²) in [5.41, 5.74) is 1.38. The number of hydrogen-bond donors (Lipinski definition) is 0. The summed E-state index contributed by atoms with van der Waals surface area (Å²) in [6, 6.07) is 15.2. The zero-order valence-electron chi connectivity index (χ0n) is 10.8. The maximum Gasteiger partial charge on any atom is 0.0445 e. The first kappa shape index (κ1) is 12.0. The van der Waals surface area contributed by atoms with Gasteiger partial charge in [-0.2, -0.15) is 0 Å². The lowest BCUT2D eigenvalue weighted by Crippen LogP contribution is -2.24. The standard InChI is InChI=1S/C16H21N/c1-3-12-17(13-4-2)16-11-7-9-14-8-5-6-10-15(14)16/h5-11H,3-4,12-13H2,1-2H3. The summed E-state index contributed by atoms with van der Waals surface area (Å²) in [5.74, 6) is 0. The Morgan fingerprint density at radius 1 is 0.824 bits per heavy atom. The van der Waals surface area contributed by atoms with Gasteiger partial charge in [-0.15, -0.1) is 0 Å². The molecule has 0 radical (unpaired) electrons. The van der Waals surface area contributed by atoms with E-state index in [1.807, 2.05) is 0 Å². The van der Waals surface area contributed by atoms with Crippen LogP contribution in [-0.4, -0.2) is 13.1 Å². The van der Waals surface area contributed by atoms with E-state index in [1.165, 1.54) is 29.3 Å². The molecule has 0 heterocycles. The highest BCUT2D eigenvalue weighted by Gasteiger charge is 2.07. The molecule has 0 N–H and O–H groups in total. The molecule has 0 aliphatic rings. The predicted molar refractivity (Wildman–Crippen MR) is 76.7 cm³/mol. The third-order valence-electron chi connectivity index (χ3n) is 3.09. The number of anilines is 1. The molecule has 0 fully saturated rings. The Labute approximate surface area is 104 Å². The minimum atomic E-state index is 1.14. The highest BCUT2D eigenvalue weighted by Crippen LogP contribution is 2.26. The topological polar surface area (TPSA) is 3.24 Å². The Morgan fingerprint density at radius 3 is 2.18 bits per heavy atom.